The highest BCUT2D eigenvalue weighted by Gasteiger charge is 2.53. The first-order valence-electron chi connectivity index (χ1n) is 12.3. The maximum atomic E-state index is 4.03. The van der Waals surface area contributed by atoms with Crippen molar-refractivity contribution < 1.29 is 0 Å². The first kappa shape index (κ1) is 23.3. The van der Waals surface area contributed by atoms with Gasteiger partial charge in [-0.05, 0) is 67.5 Å². The molecular formula is C33H30Br2. The maximum absolute atomic E-state index is 4.03. The summed E-state index contributed by atoms with van der Waals surface area (Å²) in [6.07, 6.45) is 0. The second kappa shape index (κ2) is 7.43. The second-order valence-corrected chi connectivity index (χ2v) is 13.8. The second-order valence-electron chi connectivity index (χ2n) is 12.1. The van der Waals surface area contributed by atoms with Gasteiger partial charge in [-0.2, -0.15) is 0 Å². The molecule has 6 rings (SSSR count). The van der Waals surface area contributed by atoms with Gasteiger partial charge in [0.25, 0.3) is 0 Å². The average molecular weight is 586 g/mol. The predicted octanol–water partition coefficient (Wildman–Crippen LogP) is 10.2. The molecule has 0 nitrogen and oxygen atoms in total. The van der Waals surface area contributed by atoms with Crippen LogP contribution in [0.4, 0.5) is 0 Å². The molecule has 2 heteroatoms. The summed E-state index contributed by atoms with van der Waals surface area (Å²) in [5.74, 6) is 0. The van der Waals surface area contributed by atoms with Crippen molar-refractivity contribution in [2.45, 2.75) is 57.8 Å². The average Bonchev–Trinajstić information content (AvgIpc) is 3.25. The SMILES string of the molecule is CC(C)(C)c1ccc2c(c1)C1(c3ccccc3-c3c(Br)cccc31)c1cc(C(C)(C)C)cc(Br)c1-2. The summed E-state index contributed by atoms with van der Waals surface area (Å²) in [5.41, 5.74) is 13.3. The third-order valence-corrected chi connectivity index (χ3v) is 9.22. The van der Waals surface area contributed by atoms with Gasteiger partial charge in [0.1, 0.15) is 0 Å². The van der Waals surface area contributed by atoms with Gasteiger partial charge in [0.2, 0.25) is 0 Å². The Labute approximate surface area is 226 Å². The van der Waals surface area contributed by atoms with E-state index in [0.717, 1.165) is 4.47 Å². The van der Waals surface area contributed by atoms with Crippen LogP contribution in [-0.4, -0.2) is 0 Å². The van der Waals surface area contributed by atoms with E-state index in [1.807, 2.05) is 0 Å². The van der Waals surface area contributed by atoms with E-state index < -0.39 is 0 Å². The smallest absolute Gasteiger partial charge is 0.0619 e. The van der Waals surface area contributed by atoms with Crippen molar-refractivity contribution in [2.75, 3.05) is 0 Å². The number of fused-ring (bicyclic) bond motifs is 10. The van der Waals surface area contributed by atoms with E-state index in [1.165, 1.54) is 60.1 Å². The molecule has 4 aromatic carbocycles. The molecule has 1 spiro atoms. The molecule has 0 aromatic heterocycles. The summed E-state index contributed by atoms with van der Waals surface area (Å²) < 4.78 is 2.34. The number of benzene rings is 4. The van der Waals surface area contributed by atoms with E-state index in [2.05, 4.69) is 146 Å². The van der Waals surface area contributed by atoms with Crippen LogP contribution in [0.3, 0.4) is 0 Å². The molecule has 0 heterocycles. The van der Waals surface area contributed by atoms with Crippen molar-refractivity contribution in [1.29, 1.82) is 0 Å². The minimum atomic E-state index is -0.342. The first-order valence-corrected chi connectivity index (χ1v) is 13.9. The van der Waals surface area contributed by atoms with Gasteiger partial charge in [-0.25, -0.2) is 0 Å². The van der Waals surface area contributed by atoms with Gasteiger partial charge in [-0.3, -0.25) is 0 Å². The predicted molar refractivity (Wildman–Crippen MR) is 156 cm³/mol. The van der Waals surface area contributed by atoms with Crippen LogP contribution in [0.1, 0.15) is 74.9 Å². The molecule has 0 amide bonds. The fraction of sp³-hybridized carbons (Fsp3) is 0.273. The molecule has 0 saturated heterocycles. The van der Waals surface area contributed by atoms with Gasteiger partial charge in [0, 0.05) is 20.1 Å². The molecule has 0 fully saturated rings. The highest BCUT2D eigenvalue weighted by Crippen LogP contribution is 2.65. The molecule has 1 unspecified atom stereocenters. The van der Waals surface area contributed by atoms with E-state index in [9.17, 15) is 0 Å². The molecule has 2 aliphatic carbocycles. The molecule has 1 atom stereocenters. The lowest BCUT2D eigenvalue weighted by Crippen LogP contribution is -2.27. The van der Waals surface area contributed by atoms with Crippen molar-refractivity contribution in [3.63, 3.8) is 0 Å². The highest BCUT2D eigenvalue weighted by molar-refractivity contribution is 9.11. The highest BCUT2D eigenvalue weighted by atomic mass is 79.9. The summed E-state index contributed by atoms with van der Waals surface area (Å²) in [5, 5.41) is 0. The van der Waals surface area contributed by atoms with E-state index >= 15 is 0 Å². The molecule has 2 aliphatic rings. The molecule has 4 aromatic rings. The zero-order chi connectivity index (χ0) is 24.9. The Kier molecular flexibility index (Phi) is 4.94. The fourth-order valence-corrected chi connectivity index (χ4v) is 7.41. The Balaban J connectivity index is 1.85. The van der Waals surface area contributed by atoms with E-state index in [1.54, 1.807) is 0 Å². The van der Waals surface area contributed by atoms with E-state index in [4.69, 9.17) is 0 Å². The molecule has 0 radical (unpaired) electrons. The number of hydrogen-bond acceptors (Lipinski definition) is 0. The van der Waals surface area contributed by atoms with Crippen LogP contribution in [0.15, 0.2) is 81.7 Å². The van der Waals surface area contributed by atoms with Crippen LogP contribution >= 0.6 is 31.9 Å². The van der Waals surface area contributed by atoms with E-state index in [-0.39, 0.29) is 16.2 Å². The van der Waals surface area contributed by atoms with Crippen molar-refractivity contribution in [3.8, 4) is 22.3 Å². The molecule has 35 heavy (non-hydrogen) atoms. The van der Waals surface area contributed by atoms with E-state index in [0.29, 0.717) is 0 Å². The minimum absolute atomic E-state index is 0.0440. The van der Waals surface area contributed by atoms with Crippen molar-refractivity contribution in [1.82, 2.24) is 0 Å². The normalized spacial score (nSPS) is 17.8. The van der Waals surface area contributed by atoms with Gasteiger partial charge < -0.3 is 0 Å². The Bertz CT molecular complexity index is 1530. The number of rotatable bonds is 0. The Morgan fingerprint density at radius 3 is 1.83 bits per heavy atom. The van der Waals surface area contributed by atoms with Gasteiger partial charge >= 0.3 is 0 Å². The minimum Gasteiger partial charge on any atom is -0.0619 e. The topological polar surface area (TPSA) is 0 Å². The number of halogens is 2. The lowest BCUT2D eigenvalue weighted by molar-refractivity contribution is 0.586. The summed E-state index contributed by atoms with van der Waals surface area (Å²) >= 11 is 7.96. The van der Waals surface area contributed by atoms with Crippen LogP contribution < -0.4 is 0 Å². The summed E-state index contributed by atoms with van der Waals surface area (Å²) in [7, 11) is 0. The lowest BCUT2D eigenvalue weighted by Gasteiger charge is -2.33. The largest absolute Gasteiger partial charge is 0.0726 e. The third kappa shape index (κ3) is 3.09. The van der Waals surface area contributed by atoms with Gasteiger partial charge in [0.15, 0.2) is 0 Å². The zero-order valence-corrected chi connectivity index (χ0v) is 24.4. The van der Waals surface area contributed by atoms with Crippen molar-refractivity contribution >= 4 is 31.9 Å². The Morgan fingerprint density at radius 1 is 0.514 bits per heavy atom. The molecule has 176 valence electrons. The molecule has 0 aliphatic heterocycles. The van der Waals surface area contributed by atoms with Gasteiger partial charge in [-0.1, -0.05) is 134 Å². The Morgan fingerprint density at radius 2 is 1.11 bits per heavy atom. The summed E-state index contributed by atoms with van der Waals surface area (Å²) in [6, 6.07) is 27.8. The zero-order valence-electron chi connectivity index (χ0n) is 21.2. The molecular weight excluding hydrogens is 556 g/mol. The molecule has 0 saturated carbocycles. The summed E-state index contributed by atoms with van der Waals surface area (Å²) in [6.45, 7) is 13.8. The van der Waals surface area contributed by atoms with Gasteiger partial charge in [0.05, 0.1) is 5.41 Å². The van der Waals surface area contributed by atoms with Crippen LogP contribution in [-0.2, 0) is 16.2 Å². The van der Waals surface area contributed by atoms with Crippen LogP contribution in [0.2, 0.25) is 0 Å². The molecule has 0 bridgehead atoms. The standard InChI is InChI=1S/C33H30Br2/c1-31(2,3)19-14-15-22-25(16-19)33(26-17-20(32(4,5)6)18-28(35)30(22)26)23-11-8-7-10-21(23)29-24(33)12-9-13-27(29)34/h7-18H,1-6H3. The lowest BCUT2D eigenvalue weighted by atomic mass is 9.69. The monoisotopic (exact) mass is 584 g/mol. The fourth-order valence-electron chi connectivity index (χ4n) is 6.16. The van der Waals surface area contributed by atoms with Crippen molar-refractivity contribution in [3.05, 3.63) is 115 Å². The van der Waals surface area contributed by atoms with Gasteiger partial charge in [-0.15, -0.1) is 0 Å². The van der Waals surface area contributed by atoms with Crippen LogP contribution in [0.25, 0.3) is 22.3 Å². The molecule has 0 N–H and O–H groups in total. The van der Waals surface area contributed by atoms with Crippen LogP contribution in [0.5, 0.6) is 0 Å². The quantitative estimate of drug-likeness (QED) is 0.166. The first-order chi connectivity index (χ1) is 16.5. The maximum Gasteiger partial charge on any atom is 0.0726 e. The van der Waals surface area contributed by atoms with Crippen LogP contribution in [0, 0.1) is 0 Å². The Hall–Kier alpha value is -2.16. The third-order valence-electron chi connectivity index (χ3n) is 7.94. The summed E-state index contributed by atoms with van der Waals surface area (Å²) in [4.78, 5) is 0. The van der Waals surface area contributed by atoms with Crippen molar-refractivity contribution in [2.24, 2.45) is 0 Å². The number of hydrogen-bond donors (Lipinski definition) is 0.